The summed E-state index contributed by atoms with van der Waals surface area (Å²) >= 11 is 0. The van der Waals surface area contributed by atoms with Gasteiger partial charge in [0, 0.05) is 6.42 Å². The van der Waals surface area contributed by atoms with E-state index in [1.807, 2.05) is 0 Å². The van der Waals surface area contributed by atoms with Crippen molar-refractivity contribution in [3.05, 3.63) is 70.8 Å². The van der Waals surface area contributed by atoms with E-state index in [4.69, 9.17) is 0 Å². The number of benzene rings is 2. The lowest BCUT2D eigenvalue weighted by Crippen LogP contribution is -2.47. The fraction of sp³-hybridized carbons (Fsp3) is 0.316. The summed E-state index contributed by atoms with van der Waals surface area (Å²) in [4.78, 5) is 11.6. The Kier molecular flexibility index (Phi) is 4.91. The van der Waals surface area contributed by atoms with Gasteiger partial charge in [-0.3, -0.25) is 4.79 Å². The predicted molar refractivity (Wildman–Crippen MR) is 87.1 cm³/mol. The zero-order chi connectivity index (χ0) is 20.7. The lowest BCUT2D eigenvalue weighted by Gasteiger charge is -2.35. The topological polar surface area (TPSA) is 49.3 Å². The van der Waals surface area contributed by atoms with Gasteiger partial charge in [0.1, 0.15) is 5.60 Å². The number of rotatable bonds is 3. The van der Waals surface area contributed by atoms with E-state index >= 15 is 0 Å². The Balaban J connectivity index is 2.07. The fourth-order valence-electron chi connectivity index (χ4n) is 3.32. The Labute approximate surface area is 156 Å². The maximum atomic E-state index is 12.8. The third-order valence-electron chi connectivity index (χ3n) is 4.80. The van der Waals surface area contributed by atoms with Crippen molar-refractivity contribution in [3.8, 4) is 0 Å². The Morgan fingerprint density at radius 1 is 0.750 bits per heavy atom. The largest absolute Gasteiger partial charge is 0.416 e. The van der Waals surface area contributed by atoms with Crippen molar-refractivity contribution < 1.29 is 36.2 Å². The zero-order valence-electron chi connectivity index (χ0n) is 14.2. The van der Waals surface area contributed by atoms with Crippen molar-refractivity contribution in [3.63, 3.8) is 0 Å². The van der Waals surface area contributed by atoms with Crippen molar-refractivity contribution in [2.75, 3.05) is 0 Å². The zero-order valence-corrected chi connectivity index (χ0v) is 14.2. The molecule has 3 nitrogen and oxygen atoms in total. The summed E-state index contributed by atoms with van der Waals surface area (Å²) in [7, 11) is 0. The highest BCUT2D eigenvalue weighted by molar-refractivity contribution is 5.79. The molecule has 1 saturated heterocycles. The lowest BCUT2D eigenvalue weighted by molar-refractivity contribution is -0.138. The van der Waals surface area contributed by atoms with Gasteiger partial charge >= 0.3 is 12.4 Å². The molecule has 0 spiro atoms. The fourth-order valence-corrected chi connectivity index (χ4v) is 3.32. The van der Waals surface area contributed by atoms with E-state index in [0.29, 0.717) is 0 Å². The summed E-state index contributed by atoms with van der Waals surface area (Å²) in [6.45, 7) is 0. The minimum atomic E-state index is -4.58. The first kappa shape index (κ1) is 20.2. The number of hydrogen-bond donors (Lipinski definition) is 2. The summed E-state index contributed by atoms with van der Waals surface area (Å²) in [5.74, 6) is -0.359. The van der Waals surface area contributed by atoms with Crippen LogP contribution in [0.25, 0.3) is 0 Å². The molecule has 1 heterocycles. The van der Waals surface area contributed by atoms with Gasteiger partial charge in [0.25, 0.3) is 0 Å². The van der Waals surface area contributed by atoms with Crippen molar-refractivity contribution in [1.82, 2.24) is 5.32 Å². The number of halogens is 6. The van der Waals surface area contributed by atoms with Crippen LogP contribution in [0.1, 0.15) is 35.1 Å². The van der Waals surface area contributed by atoms with Gasteiger partial charge in [0.15, 0.2) is 0 Å². The molecule has 0 aromatic heterocycles. The summed E-state index contributed by atoms with van der Waals surface area (Å²) in [6.07, 6.45) is -8.88. The first-order valence-electron chi connectivity index (χ1n) is 8.29. The van der Waals surface area contributed by atoms with Gasteiger partial charge in [0.05, 0.1) is 17.2 Å². The molecule has 150 valence electrons. The molecule has 0 aliphatic carbocycles. The molecule has 9 heteroatoms. The number of alkyl halides is 6. The number of amides is 1. The first-order valence-corrected chi connectivity index (χ1v) is 8.29. The maximum absolute atomic E-state index is 12.8. The molecule has 3 rings (SSSR count). The van der Waals surface area contributed by atoms with Crippen LogP contribution in [0.3, 0.4) is 0 Å². The van der Waals surface area contributed by atoms with Gasteiger partial charge in [-0.05, 0) is 41.8 Å². The summed E-state index contributed by atoms with van der Waals surface area (Å²) in [5, 5.41) is 13.9. The Morgan fingerprint density at radius 2 is 1.11 bits per heavy atom. The average Bonchev–Trinajstić information content (AvgIpc) is 3.07. The van der Waals surface area contributed by atoms with Crippen LogP contribution < -0.4 is 5.32 Å². The van der Waals surface area contributed by atoms with E-state index in [0.717, 1.165) is 48.5 Å². The Bertz CT molecular complexity index is 798. The first-order chi connectivity index (χ1) is 12.9. The quantitative estimate of drug-likeness (QED) is 0.754. The highest BCUT2D eigenvalue weighted by Crippen LogP contribution is 2.39. The van der Waals surface area contributed by atoms with E-state index in [-0.39, 0.29) is 29.9 Å². The van der Waals surface area contributed by atoms with Crippen LogP contribution in [-0.2, 0) is 22.7 Å². The molecule has 1 amide bonds. The van der Waals surface area contributed by atoms with Gasteiger partial charge in [-0.15, -0.1) is 0 Å². The molecule has 0 saturated carbocycles. The molecular formula is C19H15F6NO2. The summed E-state index contributed by atoms with van der Waals surface area (Å²) in [5.41, 5.74) is -3.77. The lowest BCUT2D eigenvalue weighted by atomic mass is 9.79. The van der Waals surface area contributed by atoms with Crippen molar-refractivity contribution in [1.29, 1.82) is 0 Å². The van der Waals surface area contributed by atoms with Crippen LogP contribution in [0.5, 0.6) is 0 Å². The van der Waals surface area contributed by atoms with Crippen LogP contribution in [0.2, 0.25) is 0 Å². The van der Waals surface area contributed by atoms with E-state index in [1.165, 1.54) is 0 Å². The third kappa shape index (κ3) is 3.71. The maximum Gasteiger partial charge on any atom is 0.416 e. The molecule has 1 atom stereocenters. The molecule has 1 aliphatic rings. The number of nitrogens with one attached hydrogen (secondary N) is 1. The van der Waals surface area contributed by atoms with E-state index in [1.54, 1.807) is 0 Å². The molecule has 0 bridgehead atoms. The highest BCUT2D eigenvalue weighted by atomic mass is 19.4. The molecule has 0 unspecified atom stereocenters. The second-order valence-electron chi connectivity index (χ2n) is 6.58. The van der Waals surface area contributed by atoms with Gasteiger partial charge in [-0.25, -0.2) is 0 Å². The minimum Gasteiger partial charge on any atom is -0.378 e. The Hall–Kier alpha value is -2.55. The molecule has 1 fully saturated rings. The molecule has 2 N–H and O–H groups in total. The van der Waals surface area contributed by atoms with Crippen LogP contribution in [-0.4, -0.2) is 17.1 Å². The summed E-state index contributed by atoms with van der Waals surface area (Å²) in [6, 6.07) is 6.46. The van der Waals surface area contributed by atoms with Crippen LogP contribution in [0, 0.1) is 0 Å². The smallest absolute Gasteiger partial charge is 0.378 e. The molecule has 2 aromatic rings. The third-order valence-corrected chi connectivity index (χ3v) is 4.80. The van der Waals surface area contributed by atoms with Crippen molar-refractivity contribution in [2.24, 2.45) is 0 Å². The van der Waals surface area contributed by atoms with E-state index < -0.39 is 35.1 Å². The highest BCUT2D eigenvalue weighted by Gasteiger charge is 2.44. The molecule has 28 heavy (non-hydrogen) atoms. The van der Waals surface area contributed by atoms with E-state index in [9.17, 15) is 36.2 Å². The van der Waals surface area contributed by atoms with Gasteiger partial charge in [0.2, 0.25) is 5.91 Å². The molecule has 0 radical (unpaired) electrons. The normalized spacial score (nSPS) is 18.2. The number of aliphatic hydroxyl groups is 1. The van der Waals surface area contributed by atoms with Gasteiger partial charge in [-0.1, -0.05) is 24.3 Å². The van der Waals surface area contributed by atoms with Gasteiger partial charge in [-0.2, -0.15) is 26.3 Å². The number of carbonyl (C=O) groups is 1. The second-order valence-corrected chi connectivity index (χ2v) is 6.58. The molecule has 2 aromatic carbocycles. The van der Waals surface area contributed by atoms with Crippen molar-refractivity contribution >= 4 is 5.91 Å². The van der Waals surface area contributed by atoms with Crippen LogP contribution >= 0.6 is 0 Å². The second kappa shape index (κ2) is 6.80. The van der Waals surface area contributed by atoms with Crippen molar-refractivity contribution in [2.45, 2.75) is 36.8 Å². The monoisotopic (exact) mass is 403 g/mol. The average molecular weight is 403 g/mol. The summed E-state index contributed by atoms with van der Waals surface area (Å²) < 4.78 is 76.9. The van der Waals surface area contributed by atoms with Gasteiger partial charge < -0.3 is 10.4 Å². The standard InChI is InChI=1S/C19H15F6NO2/c20-18(21,22)13-5-1-11(2-6-13)17(28,15-9-10-16(27)26-15)12-3-7-14(8-4-12)19(23,24)25/h1-8,15,28H,9-10H2,(H,26,27)/t15-/m0/s1. The van der Waals surface area contributed by atoms with Crippen LogP contribution in [0.15, 0.2) is 48.5 Å². The molecule has 1 aliphatic heterocycles. The predicted octanol–water partition coefficient (Wildman–Crippen LogP) is 4.24. The van der Waals surface area contributed by atoms with Crippen LogP contribution in [0.4, 0.5) is 26.3 Å². The number of carbonyl (C=O) groups excluding carboxylic acids is 1. The number of hydrogen-bond acceptors (Lipinski definition) is 2. The van der Waals surface area contributed by atoms with E-state index in [2.05, 4.69) is 5.32 Å². The molecular weight excluding hydrogens is 388 g/mol. The SMILES string of the molecule is O=C1CC[C@@H](C(O)(c2ccc(C(F)(F)F)cc2)c2ccc(C(F)(F)F)cc2)N1. The minimum absolute atomic E-state index is 0.0347. The Morgan fingerprint density at radius 3 is 1.39 bits per heavy atom.